The Kier molecular flexibility index (Phi) is 5.22. The van der Waals surface area contributed by atoms with Crippen LogP contribution in [-0.2, 0) is 16.0 Å². The van der Waals surface area contributed by atoms with E-state index in [1.807, 2.05) is 37.3 Å². The van der Waals surface area contributed by atoms with Crippen LogP contribution < -0.4 is 5.32 Å². The van der Waals surface area contributed by atoms with Gasteiger partial charge in [0.1, 0.15) is 4.88 Å². The summed E-state index contributed by atoms with van der Waals surface area (Å²) in [6, 6.07) is 11.5. The molecule has 1 aromatic carbocycles. The molecule has 0 atom stereocenters. The van der Waals surface area contributed by atoms with E-state index in [2.05, 4.69) is 10.3 Å². The molecule has 0 aliphatic carbocycles. The maximum absolute atomic E-state index is 11.8. The number of aromatic nitrogens is 1. The number of nitrogens with one attached hydrogen (secondary N) is 1. The number of aryl methyl sites for hydroxylation is 1. The average Bonchev–Trinajstić information content (AvgIpc) is 3.18. The summed E-state index contributed by atoms with van der Waals surface area (Å²) in [5.41, 5.74) is 0.976. The molecule has 5 nitrogen and oxygen atoms in total. The molecule has 1 amide bonds. The van der Waals surface area contributed by atoms with Gasteiger partial charge in [-0.25, -0.2) is 9.78 Å². The number of thiazole rings is 1. The van der Waals surface area contributed by atoms with E-state index in [0.717, 1.165) is 20.1 Å². The third kappa shape index (κ3) is 4.18. The molecule has 24 heavy (non-hydrogen) atoms. The van der Waals surface area contributed by atoms with Gasteiger partial charge in [-0.05, 0) is 31.2 Å². The summed E-state index contributed by atoms with van der Waals surface area (Å²) in [4.78, 5) is 29.5. The van der Waals surface area contributed by atoms with Crippen LogP contribution >= 0.6 is 22.7 Å². The summed E-state index contributed by atoms with van der Waals surface area (Å²) in [5.74, 6) is -0.771. The minimum atomic E-state index is -0.463. The van der Waals surface area contributed by atoms with E-state index >= 15 is 0 Å². The molecule has 0 aliphatic rings. The Morgan fingerprint density at radius 1 is 1.17 bits per heavy atom. The number of hydrogen-bond acceptors (Lipinski definition) is 6. The molecule has 7 heteroatoms. The number of ether oxygens (including phenoxy) is 1. The highest BCUT2D eigenvalue weighted by molar-refractivity contribution is 7.18. The minimum Gasteiger partial charge on any atom is -0.451 e. The smallest absolute Gasteiger partial charge is 0.348 e. The van der Waals surface area contributed by atoms with Gasteiger partial charge in [-0.2, -0.15) is 0 Å². The van der Waals surface area contributed by atoms with E-state index in [0.29, 0.717) is 17.8 Å². The molecular formula is C17H16N2O3S2. The normalized spacial score (nSPS) is 10.7. The molecule has 0 spiro atoms. The molecule has 2 aromatic heterocycles. The average molecular weight is 360 g/mol. The van der Waals surface area contributed by atoms with Gasteiger partial charge >= 0.3 is 5.97 Å². The second-order valence-electron chi connectivity index (χ2n) is 5.16. The van der Waals surface area contributed by atoms with E-state index in [1.54, 1.807) is 17.4 Å². The summed E-state index contributed by atoms with van der Waals surface area (Å²) >= 11 is 2.97. The SMILES string of the molecule is Cc1ccc(C(=O)OCC(=O)NCCc2nc3ccccc3s2)s1. The van der Waals surface area contributed by atoms with Crippen molar-refractivity contribution in [3.05, 3.63) is 51.2 Å². The van der Waals surface area contributed by atoms with Crippen molar-refractivity contribution in [2.45, 2.75) is 13.3 Å². The van der Waals surface area contributed by atoms with Crippen molar-refractivity contribution in [1.29, 1.82) is 0 Å². The van der Waals surface area contributed by atoms with Crippen LogP contribution in [-0.4, -0.2) is 30.0 Å². The molecule has 124 valence electrons. The largest absolute Gasteiger partial charge is 0.451 e. The van der Waals surface area contributed by atoms with Crippen molar-refractivity contribution >= 4 is 44.8 Å². The second kappa shape index (κ2) is 7.55. The number of carbonyl (C=O) groups is 2. The predicted octanol–water partition coefficient (Wildman–Crippen LogP) is 3.18. The van der Waals surface area contributed by atoms with Crippen LogP contribution in [0.25, 0.3) is 10.2 Å². The number of carbonyl (C=O) groups excluding carboxylic acids is 2. The fraction of sp³-hybridized carbons (Fsp3) is 0.235. The van der Waals surface area contributed by atoms with Crippen LogP contribution in [0.3, 0.4) is 0 Å². The topological polar surface area (TPSA) is 68.3 Å². The zero-order valence-corrected chi connectivity index (χ0v) is 14.7. The Hall–Kier alpha value is -2.25. The Balaban J connectivity index is 1.41. The van der Waals surface area contributed by atoms with Gasteiger partial charge < -0.3 is 10.1 Å². The van der Waals surface area contributed by atoms with Crippen LogP contribution in [0.1, 0.15) is 19.6 Å². The van der Waals surface area contributed by atoms with Gasteiger partial charge in [-0.15, -0.1) is 22.7 Å². The van der Waals surface area contributed by atoms with Crippen molar-refractivity contribution in [3.8, 4) is 0 Å². The summed E-state index contributed by atoms with van der Waals surface area (Å²) in [5, 5.41) is 3.72. The van der Waals surface area contributed by atoms with Crippen molar-refractivity contribution in [1.82, 2.24) is 10.3 Å². The Morgan fingerprint density at radius 3 is 2.75 bits per heavy atom. The van der Waals surface area contributed by atoms with Gasteiger partial charge in [-0.1, -0.05) is 12.1 Å². The molecule has 0 radical (unpaired) electrons. The fourth-order valence-electron chi connectivity index (χ4n) is 2.13. The van der Waals surface area contributed by atoms with Crippen LogP contribution in [0, 0.1) is 6.92 Å². The molecule has 0 fully saturated rings. The molecule has 0 unspecified atom stereocenters. The van der Waals surface area contributed by atoms with Crippen molar-refractivity contribution in [2.75, 3.05) is 13.2 Å². The van der Waals surface area contributed by atoms with Gasteiger partial charge in [0.25, 0.3) is 5.91 Å². The number of nitrogens with zero attached hydrogens (tertiary/aromatic N) is 1. The number of amides is 1. The Labute approximate surface area is 147 Å². The Morgan fingerprint density at radius 2 is 2.00 bits per heavy atom. The molecule has 0 bridgehead atoms. The van der Waals surface area contributed by atoms with E-state index in [-0.39, 0.29) is 12.5 Å². The first-order valence-corrected chi connectivity index (χ1v) is 9.10. The van der Waals surface area contributed by atoms with Gasteiger partial charge in [0.15, 0.2) is 6.61 Å². The molecule has 1 N–H and O–H groups in total. The molecule has 0 aliphatic heterocycles. The molecule has 2 heterocycles. The summed E-state index contributed by atoms with van der Waals surface area (Å²) in [6.45, 7) is 2.11. The third-order valence-corrected chi connectivity index (χ3v) is 5.35. The predicted molar refractivity (Wildman–Crippen MR) is 95.7 cm³/mol. The second-order valence-corrected chi connectivity index (χ2v) is 7.56. The fourth-order valence-corrected chi connectivity index (χ4v) is 3.86. The monoisotopic (exact) mass is 360 g/mol. The van der Waals surface area contributed by atoms with E-state index < -0.39 is 5.97 Å². The van der Waals surface area contributed by atoms with E-state index in [1.165, 1.54) is 11.3 Å². The van der Waals surface area contributed by atoms with Crippen LogP contribution in [0.2, 0.25) is 0 Å². The highest BCUT2D eigenvalue weighted by Gasteiger charge is 2.12. The van der Waals surface area contributed by atoms with Crippen LogP contribution in [0.4, 0.5) is 0 Å². The first-order chi connectivity index (χ1) is 11.6. The lowest BCUT2D eigenvalue weighted by molar-refractivity contribution is -0.124. The lowest BCUT2D eigenvalue weighted by atomic mass is 10.3. The molecule has 0 saturated carbocycles. The number of benzene rings is 1. The van der Waals surface area contributed by atoms with Crippen LogP contribution in [0.5, 0.6) is 0 Å². The van der Waals surface area contributed by atoms with Crippen molar-refractivity contribution in [2.24, 2.45) is 0 Å². The van der Waals surface area contributed by atoms with Gasteiger partial charge in [0.2, 0.25) is 0 Å². The number of rotatable bonds is 6. The number of esters is 1. The van der Waals surface area contributed by atoms with Crippen LogP contribution in [0.15, 0.2) is 36.4 Å². The van der Waals surface area contributed by atoms with Gasteiger partial charge in [-0.3, -0.25) is 4.79 Å². The summed E-state index contributed by atoms with van der Waals surface area (Å²) < 4.78 is 6.14. The number of fused-ring (bicyclic) bond motifs is 1. The van der Waals surface area contributed by atoms with Crippen molar-refractivity contribution in [3.63, 3.8) is 0 Å². The standard InChI is InChI=1S/C17H16N2O3S2/c1-11-6-7-14(23-11)17(21)22-10-15(20)18-9-8-16-19-12-4-2-3-5-13(12)24-16/h2-7H,8-10H2,1H3,(H,18,20). The highest BCUT2D eigenvalue weighted by atomic mass is 32.1. The quantitative estimate of drug-likeness (QED) is 0.686. The summed E-state index contributed by atoms with van der Waals surface area (Å²) in [6.07, 6.45) is 0.656. The molecule has 3 aromatic rings. The number of hydrogen-bond donors (Lipinski definition) is 1. The van der Waals surface area contributed by atoms with E-state index in [4.69, 9.17) is 4.74 Å². The minimum absolute atomic E-state index is 0.268. The first-order valence-electron chi connectivity index (χ1n) is 7.46. The maximum atomic E-state index is 11.8. The zero-order chi connectivity index (χ0) is 16.9. The molecule has 0 saturated heterocycles. The van der Waals surface area contributed by atoms with Gasteiger partial charge in [0, 0.05) is 17.8 Å². The highest BCUT2D eigenvalue weighted by Crippen LogP contribution is 2.21. The lowest BCUT2D eigenvalue weighted by Crippen LogP contribution is -2.30. The van der Waals surface area contributed by atoms with E-state index in [9.17, 15) is 9.59 Å². The molecule has 3 rings (SSSR count). The zero-order valence-electron chi connectivity index (χ0n) is 13.1. The number of para-hydroxylation sites is 1. The lowest BCUT2D eigenvalue weighted by Gasteiger charge is -2.04. The number of thiophene rings is 1. The third-order valence-electron chi connectivity index (χ3n) is 3.28. The first kappa shape index (κ1) is 16.6. The van der Waals surface area contributed by atoms with Gasteiger partial charge in [0.05, 0.1) is 15.2 Å². The molecular weight excluding hydrogens is 344 g/mol. The Bertz CT molecular complexity index is 836. The van der Waals surface area contributed by atoms with Crippen molar-refractivity contribution < 1.29 is 14.3 Å². The summed E-state index contributed by atoms with van der Waals surface area (Å²) in [7, 11) is 0. The maximum Gasteiger partial charge on any atom is 0.348 e.